The van der Waals surface area contributed by atoms with E-state index in [1.54, 1.807) is 0 Å². The van der Waals surface area contributed by atoms with Crippen LogP contribution in [0.15, 0.2) is 0 Å². The van der Waals surface area contributed by atoms with Crippen molar-refractivity contribution in [2.45, 2.75) is 58.0 Å². The third kappa shape index (κ3) is 4.98. The molecule has 1 aliphatic carbocycles. The van der Waals surface area contributed by atoms with Gasteiger partial charge in [0.05, 0.1) is 0 Å². The van der Waals surface area contributed by atoms with E-state index in [-0.39, 0.29) is 0 Å². The molecule has 0 spiro atoms. The van der Waals surface area contributed by atoms with Crippen LogP contribution in [0.4, 0.5) is 0 Å². The SMILES string of the molecule is CCC1CCC(NC(C)CCN(C)C)C1. The summed E-state index contributed by atoms with van der Waals surface area (Å²) in [5.74, 6) is 0.989. The van der Waals surface area contributed by atoms with Crippen molar-refractivity contribution in [3.8, 4) is 0 Å². The molecule has 0 bridgehead atoms. The molecule has 1 aliphatic rings. The summed E-state index contributed by atoms with van der Waals surface area (Å²) in [6, 6.07) is 1.47. The van der Waals surface area contributed by atoms with Gasteiger partial charge in [0.2, 0.25) is 0 Å². The van der Waals surface area contributed by atoms with Crippen LogP contribution in [0, 0.1) is 5.92 Å². The highest BCUT2D eigenvalue weighted by Crippen LogP contribution is 2.28. The molecular formula is C13H28N2. The topological polar surface area (TPSA) is 15.3 Å². The largest absolute Gasteiger partial charge is 0.311 e. The van der Waals surface area contributed by atoms with Gasteiger partial charge in [-0.15, -0.1) is 0 Å². The van der Waals surface area contributed by atoms with Gasteiger partial charge < -0.3 is 10.2 Å². The molecule has 0 aromatic heterocycles. The Labute approximate surface area is 95.4 Å². The van der Waals surface area contributed by atoms with E-state index in [1.165, 1.54) is 38.6 Å². The molecule has 0 aromatic carbocycles. The van der Waals surface area contributed by atoms with Crippen LogP contribution in [0.1, 0.15) is 46.0 Å². The maximum atomic E-state index is 3.77. The molecule has 1 fully saturated rings. The first-order chi connectivity index (χ1) is 7.11. The van der Waals surface area contributed by atoms with E-state index in [0.717, 1.165) is 12.0 Å². The Morgan fingerprint density at radius 3 is 2.60 bits per heavy atom. The smallest absolute Gasteiger partial charge is 0.00722 e. The van der Waals surface area contributed by atoms with Crippen LogP contribution in [0.25, 0.3) is 0 Å². The molecule has 3 atom stereocenters. The quantitative estimate of drug-likeness (QED) is 0.728. The zero-order chi connectivity index (χ0) is 11.3. The van der Waals surface area contributed by atoms with E-state index in [1.807, 2.05) is 0 Å². The molecule has 0 saturated heterocycles. The van der Waals surface area contributed by atoms with Gasteiger partial charge in [0.1, 0.15) is 0 Å². The highest BCUT2D eigenvalue weighted by Gasteiger charge is 2.23. The summed E-state index contributed by atoms with van der Waals surface area (Å²) in [5, 5.41) is 3.77. The van der Waals surface area contributed by atoms with Crippen molar-refractivity contribution < 1.29 is 0 Å². The predicted octanol–water partition coefficient (Wildman–Crippen LogP) is 2.49. The lowest BCUT2D eigenvalue weighted by atomic mass is 10.1. The molecule has 1 saturated carbocycles. The maximum Gasteiger partial charge on any atom is 0.00722 e. The highest BCUT2D eigenvalue weighted by molar-refractivity contribution is 4.81. The van der Waals surface area contributed by atoms with Crippen LogP contribution in [0.5, 0.6) is 0 Å². The molecule has 1 rings (SSSR count). The molecule has 3 unspecified atom stereocenters. The van der Waals surface area contributed by atoms with Gasteiger partial charge >= 0.3 is 0 Å². The monoisotopic (exact) mass is 212 g/mol. The van der Waals surface area contributed by atoms with Gasteiger partial charge in [-0.1, -0.05) is 13.3 Å². The van der Waals surface area contributed by atoms with Crippen LogP contribution >= 0.6 is 0 Å². The number of nitrogens with one attached hydrogen (secondary N) is 1. The van der Waals surface area contributed by atoms with Crippen LogP contribution in [-0.4, -0.2) is 37.6 Å². The fourth-order valence-corrected chi connectivity index (χ4v) is 2.53. The third-order valence-corrected chi connectivity index (χ3v) is 3.65. The fourth-order valence-electron chi connectivity index (χ4n) is 2.53. The number of hydrogen-bond acceptors (Lipinski definition) is 2. The number of rotatable bonds is 6. The standard InChI is InChI=1S/C13H28N2/c1-5-12-6-7-13(10-12)14-11(2)8-9-15(3)4/h11-14H,5-10H2,1-4H3. The highest BCUT2D eigenvalue weighted by atomic mass is 15.1. The van der Waals surface area contributed by atoms with Crippen molar-refractivity contribution >= 4 is 0 Å². The minimum absolute atomic E-state index is 0.674. The van der Waals surface area contributed by atoms with Crippen molar-refractivity contribution in [3.63, 3.8) is 0 Å². The average Bonchev–Trinajstić information content (AvgIpc) is 2.62. The second kappa shape index (κ2) is 6.49. The molecule has 0 aliphatic heterocycles. The van der Waals surface area contributed by atoms with Crippen LogP contribution in [0.3, 0.4) is 0 Å². The molecule has 0 amide bonds. The first-order valence-corrected chi connectivity index (χ1v) is 6.52. The normalized spacial score (nSPS) is 28.6. The molecular weight excluding hydrogens is 184 g/mol. The van der Waals surface area contributed by atoms with E-state index in [9.17, 15) is 0 Å². The molecule has 0 radical (unpaired) electrons. The molecule has 1 N–H and O–H groups in total. The molecule has 90 valence electrons. The van der Waals surface area contributed by atoms with E-state index >= 15 is 0 Å². The first-order valence-electron chi connectivity index (χ1n) is 6.52. The summed E-state index contributed by atoms with van der Waals surface area (Å²) in [6.45, 7) is 5.84. The van der Waals surface area contributed by atoms with Gasteiger partial charge in [-0.3, -0.25) is 0 Å². The van der Waals surface area contributed by atoms with Gasteiger partial charge in [0.25, 0.3) is 0 Å². The molecule has 0 aromatic rings. The Morgan fingerprint density at radius 2 is 2.07 bits per heavy atom. The molecule has 2 heteroatoms. The second-order valence-corrected chi connectivity index (χ2v) is 5.44. The summed E-state index contributed by atoms with van der Waals surface area (Å²) in [4.78, 5) is 2.27. The van der Waals surface area contributed by atoms with Crippen molar-refractivity contribution in [1.82, 2.24) is 10.2 Å². The van der Waals surface area contributed by atoms with E-state index in [4.69, 9.17) is 0 Å². The van der Waals surface area contributed by atoms with Crippen molar-refractivity contribution in [2.24, 2.45) is 5.92 Å². The lowest BCUT2D eigenvalue weighted by molar-refractivity contribution is 0.346. The van der Waals surface area contributed by atoms with E-state index in [2.05, 4.69) is 38.2 Å². The third-order valence-electron chi connectivity index (χ3n) is 3.65. The van der Waals surface area contributed by atoms with E-state index in [0.29, 0.717) is 6.04 Å². The second-order valence-electron chi connectivity index (χ2n) is 5.44. The van der Waals surface area contributed by atoms with Crippen molar-refractivity contribution in [1.29, 1.82) is 0 Å². The zero-order valence-corrected chi connectivity index (χ0v) is 10.9. The Hall–Kier alpha value is -0.0800. The van der Waals surface area contributed by atoms with Crippen LogP contribution in [0.2, 0.25) is 0 Å². The first kappa shape index (κ1) is 13.0. The Balaban J connectivity index is 2.13. The number of nitrogens with zero attached hydrogens (tertiary/aromatic N) is 1. The van der Waals surface area contributed by atoms with E-state index < -0.39 is 0 Å². The average molecular weight is 212 g/mol. The summed E-state index contributed by atoms with van der Waals surface area (Å²) in [5.41, 5.74) is 0. The van der Waals surface area contributed by atoms with Gasteiger partial charge in [-0.25, -0.2) is 0 Å². The summed E-state index contributed by atoms with van der Waals surface area (Å²) in [7, 11) is 4.30. The summed E-state index contributed by atoms with van der Waals surface area (Å²) >= 11 is 0. The van der Waals surface area contributed by atoms with Gasteiger partial charge in [0, 0.05) is 12.1 Å². The molecule has 0 heterocycles. The molecule has 15 heavy (non-hydrogen) atoms. The van der Waals surface area contributed by atoms with Crippen molar-refractivity contribution in [2.75, 3.05) is 20.6 Å². The van der Waals surface area contributed by atoms with Crippen molar-refractivity contribution in [3.05, 3.63) is 0 Å². The van der Waals surface area contributed by atoms with Gasteiger partial charge in [-0.05, 0) is 59.2 Å². The Bertz CT molecular complexity index is 168. The Kier molecular flexibility index (Phi) is 5.62. The van der Waals surface area contributed by atoms with Gasteiger partial charge in [0.15, 0.2) is 0 Å². The zero-order valence-electron chi connectivity index (χ0n) is 10.9. The van der Waals surface area contributed by atoms with Crippen LogP contribution < -0.4 is 5.32 Å². The minimum Gasteiger partial charge on any atom is -0.311 e. The van der Waals surface area contributed by atoms with Gasteiger partial charge in [-0.2, -0.15) is 0 Å². The summed E-state index contributed by atoms with van der Waals surface area (Å²) < 4.78 is 0. The van der Waals surface area contributed by atoms with Crippen LogP contribution in [-0.2, 0) is 0 Å². The fraction of sp³-hybridized carbons (Fsp3) is 1.00. The maximum absolute atomic E-state index is 3.77. The Morgan fingerprint density at radius 1 is 1.33 bits per heavy atom. The minimum atomic E-state index is 0.674. The number of hydrogen-bond donors (Lipinski definition) is 1. The molecule has 2 nitrogen and oxygen atoms in total. The predicted molar refractivity (Wildman–Crippen MR) is 67.2 cm³/mol. The summed E-state index contributed by atoms with van der Waals surface area (Å²) in [6.07, 6.45) is 6.87. The lowest BCUT2D eigenvalue weighted by Gasteiger charge is -2.21. The lowest BCUT2D eigenvalue weighted by Crippen LogP contribution is -2.36.